The molecule has 1 aliphatic carbocycles. The predicted molar refractivity (Wildman–Crippen MR) is 109 cm³/mol. The summed E-state index contributed by atoms with van der Waals surface area (Å²) >= 11 is 1.57. The van der Waals surface area contributed by atoms with Gasteiger partial charge in [0.1, 0.15) is 6.61 Å². The van der Waals surface area contributed by atoms with Gasteiger partial charge in [0.05, 0.1) is 11.3 Å². The number of aryl methyl sites for hydroxylation is 2. The summed E-state index contributed by atoms with van der Waals surface area (Å²) in [7, 11) is 0. The monoisotopic (exact) mass is 390 g/mol. The lowest BCUT2D eigenvalue weighted by atomic mass is 10.0. The number of hydrogen-bond acceptors (Lipinski definition) is 5. The lowest BCUT2D eigenvalue weighted by molar-refractivity contribution is 0.0468. The number of benzene rings is 2. The molecule has 1 aliphatic rings. The number of aromatic nitrogens is 2. The first-order valence-electron chi connectivity index (χ1n) is 9.38. The summed E-state index contributed by atoms with van der Waals surface area (Å²) in [6.07, 6.45) is 4.20. The van der Waals surface area contributed by atoms with Crippen molar-refractivity contribution in [2.45, 2.75) is 32.3 Å². The Kier molecular flexibility index (Phi) is 4.20. The number of esters is 1. The molecule has 28 heavy (non-hydrogen) atoms. The zero-order valence-corrected chi connectivity index (χ0v) is 16.0. The predicted octanol–water partition coefficient (Wildman–Crippen LogP) is 4.15. The van der Waals surface area contributed by atoms with Crippen molar-refractivity contribution in [1.82, 2.24) is 9.38 Å². The van der Waals surface area contributed by atoms with Gasteiger partial charge in [0, 0.05) is 16.6 Å². The normalized spacial score (nSPS) is 13.6. The van der Waals surface area contributed by atoms with Gasteiger partial charge in [0.25, 0.3) is 5.56 Å². The Hall–Kier alpha value is -2.99. The van der Waals surface area contributed by atoms with Gasteiger partial charge >= 0.3 is 5.97 Å². The fourth-order valence-corrected chi connectivity index (χ4v) is 4.99. The van der Waals surface area contributed by atoms with Crippen LogP contribution in [0.2, 0.25) is 0 Å². The van der Waals surface area contributed by atoms with Crippen LogP contribution in [0.3, 0.4) is 0 Å². The second kappa shape index (κ2) is 6.87. The van der Waals surface area contributed by atoms with E-state index in [1.807, 2.05) is 36.4 Å². The van der Waals surface area contributed by atoms with Crippen molar-refractivity contribution in [3.05, 3.63) is 80.7 Å². The van der Waals surface area contributed by atoms with Crippen molar-refractivity contribution in [3.63, 3.8) is 0 Å². The van der Waals surface area contributed by atoms with Gasteiger partial charge in [-0.05, 0) is 48.6 Å². The number of carbonyl (C=O) groups excluding carboxylic acids is 1. The van der Waals surface area contributed by atoms with E-state index in [1.165, 1.54) is 10.9 Å². The van der Waals surface area contributed by atoms with Crippen molar-refractivity contribution in [2.75, 3.05) is 0 Å². The number of ether oxygens (including phenoxy) is 1. The fourth-order valence-electron chi connectivity index (χ4n) is 3.75. The van der Waals surface area contributed by atoms with Crippen LogP contribution in [0, 0.1) is 0 Å². The van der Waals surface area contributed by atoms with Crippen LogP contribution < -0.4 is 5.56 Å². The molecule has 0 saturated carbocycles. The van der Waals surface area contributed by atoms with E-state index in [0.717, 1.165) is 42.1 Å². The molecule has 2 aromatic heterocycles. The van der Waals surface area contributed by atoms with Crippen LogP contribution in [0.5, 0.6) is 0 Å². The van der Waals surface area contributed by atoms with E-state index in [-0.39, 0.29) is 12.2 Å². The summed E-state index contributed by atoms with van der Waals surface area (Å²) in [5.41, 5.74) is 1.98. The molecule has 0 amide bonds. The number of nitrogens with zero attached hydrogens (tertiary/aromatic N) is 2. The van der Waals surface area contributed by atoms with Crippen molar-refractivity contribution >= 4 is 33.0 Å². The van der Waals surface area contributed by atoms with Gasteiger partial charge in [-0.3, -0.25) is 9.20 Å². The van der Waals surface area contributed by atoms with Crippen LogP contribution in [0.25, 0.3) is 15.7 Å². The summed E-state index contributed by atoms with van der Waals surface area (Å²) in [5.74, 6) is -0.418. The van der Waals surface area contributed by atoms with Crippen molar-refractivity contribution in [3.8, 4) is 0 Å². The summed E-state index contributed by atoms with van der Waals surface area (Å²) < 4.78 is 7.14. The molecule has 5 nitrogen and oxygen atoms in total. The molecule has 0 N–H and O–H groups in total. The smallest absolute Gasteiger partial charge is 0.338 e. The molecule has 0 unspecified atom stereocenters. The minimum atomic E-state index is -0.418. The summed E-state index contributed by atoms with van der Waals surface area (Å²) in [5, 5.41) is 2.06. The van der Waals surface area contributed by atoms with E-state index < -0.39 is 5.97 Å². The summed E-state index contributed by atoms with van der Waals surface area (Å²) in [6, 6.07) is 14.8. The third kappa shape index (κ3) is 2.99. The first kappa shape index (κ1) is 17.1. The number of thiazole rings is 1. The van der Waals surface area contributed by atoms with Gasteiger partial charge in [-0.2, -0.15) is 0 Å². The largest absolute Gasteiger partial charge is 0.456 e. The van der Waals surface area contributed by atoms with Crippen LogP contribution in [-0.2, 0) is 24.2 Å². The van der Waals surface area contributed by atoms with Crippen LogP contribution >= 0.6 is 11.3 Å². The van der Waals surface area contributed by atoms with Crippen LogP contribution in [0.15, 0.2) is 53.3 Å². The van der Waals surface area contributed by atoms with Crippen LogP contribution in [-0.4, -0.2) is 15.4 Å². The Morgan fingerprint density at radius 2 is 1.89 bits per heavy atom. The van der Waals surface area contributed by atoms with Crippen molar-refractivity contribution in [1.29, 1.82) is 0 Å². The molecule has 0 atom stereocenters. The van der Waals surface area contributed by atoms with Gasteiger partial charge in [0.15, 0.2) is 4.96 Å². The Balaban J connectivity index is 1.39. The van der Waals surface area contributed by atoms with E-state index in [0.29, 0.717) is 16.2 Å². The zero-order chi connectivity index (χ0) is 19.1. The van der Waals surface area contributed by atoms with Crippen LogP contribution in [0.4, 0.5) is 0 Å². The highest BCUT2D eigenvalue weighted by Crippen LogP contribution is 2.28. The molecule has 0 radical (unpaired) electrons. The third-order valence-corrected chi connectivity index (χ3v) is 6.29. The van der Waals surface area contributed by atoms with E-state index >= 15 is 0 Å². The second-order valence-corrected chi connectivity index (χ2v) is 8.08. The quantitative estimate of drug-likeness (QED) is 0.493. The number of rotatable bonds is 3. The van der Waals surface area contributed by atoms with Gasteiger partial charge in [-0.1, -0.05) is 30.3 Å². The minimum absolute atomic E-state index is 0.0139. The average Bonchev–Trinajstić information content (AvgIpc) is 3.10. The van der Waals surface area contributed by atoms with E-state index in [4.69, 9.17) is 4.74 Å². The Labute approximate surface area is 165 Å². The molecule has 0 aliphatic heterocycles. The van der Waals surface area contributed by atoms with Crippen LogP contribution in [0.1, 0.15) is 39.5 Å². The summed E-state index contributed by atoms with van der Waals surface area (Å²) in [4.78, 5) is 31.5. The Morgan fingerprint density at radius 3 is 2.79 bits per heavy atom. The van der Waals surface area contributed by atoms with Gasteiger partial charge in [0.2, 0.25) is 0 Å². The van der Waals surface area contributed by atoms with Gasteiger partial charge in [-0.15, -0.1) is 11.3 Å². The molecular formula is C22H18N2O3S. The van der Waals surface area contributed by atoms with Crippen molar-refractivity contribution in [2.24, 2.45) is 0 Å². The van der Waals surface area contributed by atoms with E-state index in [9.17, 15) is 9.59 Å². The standard InChI is InChI=1S/C22H18N2O3S/c25-20-12-17(23-22-24(20)18-7-3-4-8-19(18)28-22)13-27-21(26)16-10-9-14-5-1-2-6-15(14)11-16/h1-2,5-6,9-12H,3-4,7-8,13H2. The maximum absolute atomic E-state index is 12.6. The number of carbonyl (C=O) groups is 1. The first-order valence-corrected chi connectivity index (χ1v) is 10.2. The average molecular weight is 390 g/mol. The lowest BCUT2D eigenvalue weighted by Gasteiger charge is -2.10. The molecule has 140 valence electrons. The third-order valence-electron chi connectivity index (χ3n) is 5.15. The molecule has 4 aromatic rings. The molecule has 5 rings (SSSR count). The highest BCUT2D eigenvalue weighted by molar-refractivity contribution is 7.17. The van der Waals surface area contributed by atoms with E-state index in [2.05, 4.69) is 4.98 Å². The fraction of sp³-hybridized carbons (Fsp3) is 0.227. The molecule has 0 bridgehead atoms. The molecule has 0 spiro atoms. The molecule has 0 saturated heterocycles. The van der Waals surface area contributed by atoms with Gasteiger partial charge < -0.3 is 4.74 Å². The Morgan fingerprint density at radius 1 is 1.07 bits per heavy atom. The molecule has 2 aromatic carbocycles. The Bertz CT molecular complexity index is 1270. The van der Waals surface area contributed by atoms with Gasteiger partial charge in [-0.25, -0.2) is 9.78 Å². The number of hydrogen-bond donors (Lipinski definition) is 0. The molecule has 0 fully saturated rings. The minimum Gasteiger partial charge on any atom is -0.456 e. The topological polar surface area (TPSA) is 60.7 Å². The molecular weight excluding hydrogens is 372 g/mol. The number of fused-ring (bicyclic) bond motifs is 4. The maximum atomic E-state index is 12.6. The molecule has 2 heterocycles. The summed E-state index contributed by atoms with van der Waals surface area (Å²) in [6.45, 7) is -0.0139. The molecule has 6 heteroatoms. The highest BCUT2D eigenvalue weighted by atomic mass is 32.1. The second-order valence-electron chi connectivity index (χ2n) is 7.02. The lowest BCUT2D eigenvalue weighted by Crippen LogP contribution is -2.18. The van der Waals surface area contributed by atoms with Crippen molar-refractivity contribution < 1.29 is 9.53 Å². The SMILES string of the molecule is O=C(OCc1cc(=O)n2c3c(sc2n1)CCCC3)c1ccc2ccccc2c1. The highest BCUT2D eigenvalue weighted by Gasteiger charge is 2.19. The van der Waals surface area contributed by atoms with E-state index in [1.54, 1.807) is 21.8 Å². The maximum Gasteiger partial charge on any atom is 0.338 e. The zero-order valence-electron chi connectivity index (χ0n) is 15.2. The first-order chi connectivity index (χ1) is 13.7.